The lowest BCUT2D eigenvalue weighted by atomic mass is 10.2. The molecule has 2 aromatic carbocycles. The van der Waals surface area contributed by atoms with Gasteiger partial charge in [-0.3, -0.25) is 4.79 Å². The molecule has 0 fully saturated rings. The molecule has 0 radical (unpaired) electrons. The van der Waals surface area contributed by atoms with E-state index in [2.05, 4.69) is 10.5 Å². The van der Waals surface area contributed by atoms with Crippen LogP contribution in [0.3, 0.4) is 0 Å². The molecule has 1 amide bonds. The van der Waals surface area contributed by atoms with Crippen LogP contribution in [0.15, 0.2) is 41.5 Å². The zero-order valence-corrected chi connectivity index (χ0v) is 13.7. The molecule has 0 unspecified atom stereocenters. The quantitative estimate of drug-likeness (QED) is 0.671. The summed E-state index contributed by atoms with van der Waals surface area (Å²) in [7, 11) is 0. The summed E-state index contributed by atoms with van der Waals surface area (Å²) in [5.74, 6) is 1.89. The summed E-state index contributed by atoms with van der Waals surface area (Å²) < 4.78 is 21.6. The lowest BCUT2D eigenvalue weighted by Crippen LogP contribution is -2.42. The van der Waals surface area contributed by atoms with Gasteiger partial charge in [-0.1, -0.05) is 23.7 Å². The van der Waals surface area contributed by atoms with Crippen LogP contribution in [0.1, 0.15) is 5.56 Å². The predicted molar refractivity (Wildman–Crippen MR) is 89.7 cm³/mol. The molecule has 25 heavy (non-hydrogen) atoms. The van der Waals surface area contributed by atoms with Crippen molar-refractivity contribution in [2.24, 2.45) is 5.10 Å². The number of halogens is 1. The molecule has 8 heteroatoms. The van der Waals surface area contributed by atoms with Crippen LogP contribution in [-0.4, -0.2) is 31.6 Å². The van der Waals surface area contributed by atoms with Crippen molar-refractivity contribution < 1.29 is 23.7 Å². The highest BCUT2D eigenvalue weighted by molar-refractivity contribution is 6.33. The number of rotatable bonds is 3. The van der Waals surface area contributed by atoms with Crippen LogP contribution in [0.5, 0.6) is 23.0 Å². The number of hydrogen-bond acceptors (Lipinski definition) is 6. The molecular weight excluding hydrogens is 348 g/mol. The molecule has 4 rings (SSSR count). The van der Waals surface area contributed by atoms with E-state index in [0.717, 1.165) is 0 Å². The average molecular weight is 361 g/mol. The highest BCUT2D eigenvalue weighted by Crippen LogP contribution is 2.36. The van der Waals surface area contributed by atoms with Gasteiger partial charge in [-0.25, -0.2) is 5.43 Å². The van der Waals surface area contributed by atoms with Crippen LogP contribution in [0, 0.1) is 0 Å². The summed E-state index contributed by atoms with van der Waals surface area (Å²) in [6.45, 7) is 0.270. The number of nitrogens with zero attached hydrogens (tertiary/aromatic N) is 1. The Morgan fingerprint density at radius 2 is 1.88 bits per heavy atom. The van der Waals surface area contributed by atoms with E-state index in [9.17, 15) is 4.79 Å². The molecule has 128 valence electrons. The van der Waals surface area contributed by atoms with Crippen molar-refractivity contribution in [1.82, 2.24) is 5.43 Å². The van der Waals surface area contributed by atoms with Gasteiger partial charge in [-0.2, -0.15) is 5.10 Å². The van der Waals surface area contributed by atoms with Crippen molar-refractivity contribution >= 4 is 23.7 Å². The van der Waals surface area contributed by atoms with Gasteiger partial charge in [0.2, 0.25) is 12.9 Å². The number of carbonyl (C=O) groups excluding carboxylic acids is 1. The van der Waals surface area contributed by atoms with E-state index < -0.39 is 12.0 Å². The summed E-state index contributed by atoms with van der Waals surface area (Å²) in [5.41, 5.74) is 3.02. The summed E-state index contributed by atoms with van der Waals surface area (Å²) in [4.78, 5) is 12.2. The van der Waals surface area contributed by atoms with Gasteiger partial charge < -0.3 is 18.9 Å². The van der Waals surface area contributed by atoms with E-state index in [4.69, 9.17) is 30.5 Å². The van der Waals surface area contributed by atoms with Crippen molar-refractivity contribution in [3.05, 3.63) is 47.0 Å². The molecule has 0 aliphatic carbocycles. The molecule has 0 saturated heterocycles. The normalized spacial score (nSPS) is 17.6. The number of fused-ring (bicyclic) bond motifs is 2. The molecule has 0 saturated carbocycles. The highest BCUT2D eigenvalue weighted by atomic mass is 35.5. The second-order valence-corrected chi connectivity index (χ2v) is 5.73. The Hall–Kier alpha value is -2.93. The van der Waals surface area contributed by atoms with Crippen LogP contribution in [0.25, 0.3) is 0 Å². The van der Waals surface area contributed by atoms with Crippen LogP contribution >= 0.6 is 11.6 Å². The summed E-state index contributed by atoms with van der Waals surface area (Å²) >= 11 is 6.14. The molecular formula is C17H13ClN2O5. The first-order valence-corrected chi connectivity index (χ1v) is 7.89. The van der Waals surface area contributed by atoms with E-state index in [0.29, 0.717) is 33.6 Å². The molecule has 2 heterocycles. The number of hydrazone groups is 1. The van der Waals surface area contributed by atoms with E-state index in [-0.39, 0.29) is 13.4 Å². The fraction of sp³-hybridized carbons (Fsp3) is 0.176. The third-order valence-electron chi connectivity index (χ3n) is 3.67. The highest BCUT2D eigenvalue weighted by Gasteiger charge is 2.27. The molecule has 7 nitrogen and oxygen atoms in total. The Morgan fingerprint density at radius 3 is 2.72 bits per heavy atom. The summed E-state index contributed by atoms with van der Waals surface area (Å²) in [6.07, 6.45) is 0.652. The fourth-order valence-corrected chi connectivity index (χ4v) is 2.62. The Kier molecular flexibility index (Phi) is 4.07. The monoisotopic (exact) mass is 360 g/mol. The average Bonchev–Trinajstić information content (AvgIpc) is 3.08. The predicted octanol–water partition coefficient (Wildman–Crippen LogP) is 2.36. The Balaban J connectivity index is 1.40. The number of ether oxygens (including phenoxy) is 4. The molecule has 0 aromatic heterocycles. The number of hydrogen-bond donors (Lipinski definition) is 1. The molecule has 2 aliphatic heterocycles. The van der Waals surface area contributed by atoms with Crippen molar-refractivity contribution in [2.75, 3.05) is 13.4 Å². The zero-order chi connectivity index (χ0) is 17.2. The van der Waals surface area contributed by atoms with Crippen LogP contribution in [-0.2, 0) is 4.79 Å². The van der Waals surface area contributed by atoms with Gasteiger partial charge in [0.15, 0.2) is 23.0 Å². The van der Waals surface area contributed by atoms with Gasteiger partial charge in [-0.05, 0) is 18.2 Å². The Labute approximate surface area is 148 Å². The fourth-order valence-electron chi connectivity index (χ4n) is 2.42. The lowest BCUT2D eigenvalue weighted by Gasteiger charge is -2.24. The Bertz CT molecular complexity index is 855. The summed E-state index contributed by atoms with van der Waals surface area (Å²) in [6, 6.07) is 10.5. The van der Waals surface area contributed by atoms with Gasteiger partial charge in [-0.15, -0.1) is 0 Å². The number of amides is 1. The molecule has 1 atom stereocenters. The van der Waals surface area contributed by atoms with Crippen LogP contribution in [0.4, 0.5) is 0 Å². The third-order valence-corrected chi connectivity index (χ3v) is 4.00. The van der Waals surface area contributed by atoms with E-state index in [1.54, 1.807) is 24.3 Å². The standard InChI is InChI=1S/C17H13ClN2O5/c18-11-6-15-14(23-9-24-15)5-10(11)7-19-20-17(21)16-8-22-12-3-1-2-4-13(12)25-16/h1-7,16H,8-9H2,(H,20,21)/t16-/m0/s1. The Morgan fingerprint density at radius 1 is 1.12 bits per heavy atom. The maximum atomic E-state index is 12.2. The minimum Gasteiger partial charge on any atom is -0.485 e. The summed E-state index contributed by atoms with van der Waals surface area (Å²) in [5, 5.41) is 4.36. The number of para-hydroxylation sites is 2. The lowest BCUT2D eigenvalue weighted by molar-refractivity contribution is -0.130. The second kappa shape index (κ2) is 6.52. The van der Waals surface area contributed by atoms with Crippen molar-refractivity contribution in [1.29, 1.82) is 0 Å². The van der Waals surface area contributed by atoms with Crippen molar-refractivity contribution in [3.8, 4) is 23.0 Å². The van der Waals surface area contributed by atoms with Gasteiger partial charge in [0.25, 0.3) is 5.91 Å². The first-order chi connectivity index (χ1) is 12.2. The first-order valence-electron chi connectivity index (χ1n) is 7.51. The van der Waals surface area contributed by atoms with Crippen LogP contribution in [0.2, 0.25) is 5.02 Å². The van der Waals surface area contributed by atoms with E-state index >= 15 is 0 Å². The van der Waals surface area contributed by atoms with Gasteiger partial charge in [0.05, 0.1) is 11.2 Å². The number of benzene rings is 2. The second-order valence-electron chi connectivity index (χ2n) is 5.33. The molecule has 2 aromatic rings. The van der Waals surface area contributed by atoms with Crippen molar-refractivity contribution in [2.45, 2.75) is 6.10 Å². The smallest absolute Gasteiger partial charge is 0.284 e. The van der Waals surface area contributed by atoms with Crippen molar-refractivity contribution in [3.63, 3.8) is 0 Å². The largest absolute Gasteiger partial charge is 0.485 e. The molecule has 1 N–H and O–H groups in total. The minimum atomic E-state index is -0.778. The number of carbonyl (C=O) groups is 1. The minimum absolute atomic E-state index is 0.114. The van der Waals surface area contributed by atoms with Gasteiger partial charge in [0, 0.05) is 11.6 Å². The van der Waals surface area contributed by atoms with E-state index in [1.165, 1.54) is 6.21 Å². The van der Waals surface area contributed by atoms with Gasteiger partial charge in [0.1, 0.15) is 6.61 Å². The maximum Gasteiger partial charge on any atom is 0.284 e. The zero-order valence-electron chi connectivity index (χ0n) is 12.9. The maximum absolute atomic E-state index is 12.2. The van der Waals surface area contributed by atoms with Gasteiger partial charge >= 0.3 is 0 Å². The van der Waals surface area contributed by atoms with E-state index in [1.807, 2.05) is 12.1 Å². The number of nitrogens with one attached hydrogen (secondary N) is 1. The molecule has 0 bridgehead atoms. The molecule has 2 aliphatic rings. The van der Waals surface area contributed by atoms with Crippen LogP contribution < -0.4 is 24.4 Å². The topological polar surface area (TPSA) is 78.4 Å². The first kappa shape index (κ1) is 15.6. The third kappa shape index (κ3) is 3.18. The molecule has 0 spiro atoms. The SMILES string of the molecule is O=C(NN=Cc1cc2c(cc1Cl)OCO2)[C@@H]1COc2ccccc2O1.